The summed E-state index contributed by atoms with van der Waals surface area (Å²) in [7, 11) is 0. The van der Waals surface area contributed by atoms with E-state index in [1.54, 1.807) is 0 Å². The number of unbranched alkanes of at least 4 members (excludes halogenated alkanes) is 4. The highest BCUT2D eigenvalue weighted by molar-refractivity contribution is 4.86. The number of rotatable bonds is 6. The number of aryl methyl sites for hydroxylation is 2. The van der Waals surface area contributed by atoms with Crippen molar-refractivity contribution in [3.05, 3.63) is 11.9 Å². The van der Waals surface area contributed by atoms with Crippen molar-refractivity contribution in [2.24, 2.45) is 0 Å². The van der Waals surface area contributed by atoms with Crippen LogP contribution >= 0.6 is 0 Å². The fraction of sp³-hybridized carbons (Fsp3) is 0.800. The van der Waals surface area contributed by atoms with Crippen LogP contribution in [0.25, 0.3) is 0 Å². The molecule has 3 heteroatoms. The Bertz CT molecular complexity index is 230. The molecule has 0 aliphatic heterocycles. The molecule has 0 saturated carbocycles. The minimum absolute atomic E-state index is 1.01. The molecule has 13 heavy (non-hydrogen) atoms. The Morgan fingerprint density at radius 1 is 1.23 bits per heavy atom. The van der Waals surface area contributed by atoms with Gasteiger partial charge in [0, 0.05) is 12.7 Å². The lowest BCUT2D eigenvalue weighted by atomic mass is 10.1. The molecule has 1 rings (SSSR count). The summed E-state index contributed by atoms with van der Waals surface area (Å²) in [5.41, 5.74) is 1.01. The van der Waals surface area contributed by atoms with Crippen molar-refractivity contribution in [2.45, 2.75) is 52.5 Å². The molecule has 0 aromatic carbocycles. The van der Waals surface area contributed by atoms with Crippen molar-refractivity contribution >= 4 is 0 Å². The van der Waals surface area contributed by atoms with E-state index < -0.39 is 0 Å². The Hall–Kier alpha value is -0.860. The Morgan fingerprint density at radius 2 is 2.00 bits per heavy atom. The van der Waals surface area contributed by atoms with E-state index in [9.17, 15) is 0 Å². The van der Waals surface area contributed by atoms with Crippen LogP contribution in [0.15, 0.2) is 6.20 Å². The summed E-state index contributed by atoms with van der Waals surface area (Å²) in [4.78, 5) is 0. The number of nitrogens with zero attached hydrogens (tertiary/aromatic N) is 3. The van der Waals surface area contributed by atoms with Crippen LogP contribution in [0.3, 0.4) is 0 Å². The summed E-state index contributed by atoms with van der Waals surface area (Å²) in [6, 6.07) is 0. The van der Waals surface area contributed by atoms with Gasteiger partial charge in [-0.3, -0.25) is 4.68 Å². The second-order valence-electron chi connectivity index (χ2n) is 3.54. The van der Waals surface area contributed by atoms with Gasteiger partial charge in [-0.15, -0.1) is 5.10 Å². The Kier molecular flexibility index (Phi) is 4.50. The molecule has 0 N–H and O–H groups in total. The smallest absolute Gasteiger partial charge is 0.0796 e. The molecule has 0 spiro atoms. The molecule has 0 radical (unpaired) electrons. The van der Waals surface area contributed by atoms with Crippen molar-refractivity contribution in [3.8, 4) is 0 Å². The van der Waals surface area contributed by atoms with Gasteiger partial charge in [0.2, 0.25) is 0 Å². The maximum Gasteiger partial charge on any atom is 0.0796 e. The van der Waals surface area contributed by atoms with Crippen LogP contribution in [-0.4, -0.2) is 15.0 Å². The average Bonchev–Trinajstić information content (AvgIpc) is 2.51. The third-order valence-corrected chi connectivity index (χ3v) is 2.14. The highest BCUT2D eigenvalue weighted by atomic mass is 15.4. The first-order valence-electron chi connectivity index (χ1n) is 5.19. The molecule has 3 nitrogen and oxygen atoms in total. The lowest BCUT2D eigenvalue weighted by molar-refractivity contribution is 0.521. The van der Waals surface area contributed by atoms with Crippen LogP contribution in [0, 0.1) is 6.92 Å². The highest BCUT2D eigenvalue weighted by Crippen LogP contribution is 2.03. The van der Waals surface area contributed by atoms with Crippen molar-refractivity contribution in [1.29, 1.82) is 0 Å². The quantitative estimate of drug-likeness (QED) is 0.631. The Balaban J connectivity index is 2.06. The second kappa shape index (κ2) is 5.73. The van der Waals surface area contributed by atoms with Crippen molar-refractivity contribution in [1.82, 2.24) is 15.0 Å². The monoisotopic (exact) mass is 181 g/mol. The van der Waals surface area contributed by atoms with E-state index in [0.29, 0.717) is 0 Å². The molecule has 0 fully saturated rings. The van der Waals surface area contributed by atoms with Gasteiger partial charge < -0.3 is 0 Å². The SMILES string of the molecule is CCCCCCCn1cc(C)nn1. The van der Waals surface area contributed by atoms with E-state index in [2.05, 4.69) is 17.2 Å². The first-order chi connectivity index (χ1) is 6.33. The van der Waals surface area contributed by atoms with Crippen LogP contribution in [0.4, 0.5) is 0 Å². The zero-order chi connectivity index (χ0) is 9.52. The van der Waals surface area contributed by atoms with E-state index in [0.717, 1.165) is 12.2 Å². The van der Waals surface area contributed by atoms with Crippen LogP contribution in [0.2, 0.25) is 0 Å². The number of hydrogen-bond acceptors (Lipinski definition) is 2. The Morgan fingerprint density at radius 3 is 2.62 bits per heavy atom. The number of hydrogen-bond donors (Lipinski definition) is 0. The lowest BCUT2D eigenvalue weighted by Gasteiger charge is -1.99. The molecule has 74 valence electrons. The van der Waals surface area contributed by atoms with E-state index in [1.165, 1.54) is 32.1 Å². The number of aromatic nitrogens is 3. The molecule has 1 aromatic heterocycles. The normalized spacial score (nSPS) is 10.6. The highest BCUT2D eigenvalue weighted by Gasteiger charge is 1.94. The first kappa shape index (κ1) is 10.2. The summed E-state index contributed by atoms with van der Waals surface area (Å²) in [6.45, 7) is 5.23. The predicted octanol–water partition coefficient (Wildman–Crippen LogP) is 2.56. The zero-order valence-electron chi connectivity index (χ0n) is 8.66. The lowest BCUT2D eigenvalue weighted by Crippen LogP contribution is -1.98. The first-order valence-corrected chi connectivity index (χ1v) is 5.19. The summed E-state index contributed by atoms with van der Waals surface area (Å²) < 4.78 is 1.93. The molecule has 0 aliphatic carbocycles. The van der Waals surface area contributed by atoms with Gasteiger partial charge in [-0.25, -0.2) is 0 Å². The second-order valence-corrected chi connectivity index (χ2v) is 3.54. The molecule has 0 bridgehead atoms. The van der Waals surface area contributed by atoms with Gasteiger partial charge in [0.25, 0.3) is 0 Å². The van der Waals surface area contributed by atoms with Crippen LogP contribution in [0.5, 0.6) is 0 Å². The van der Waals surface area contributed by atoms with Gasteiger partial charge in [-0.1, -0.05) is 37.8 Å². The third-order valence-electron chi connectivity index (χ3n) is 2.14. The molecule has 0 aliphatic rings. The van der Waals surface area contributed by atoms with Gasteiger partial charge in [-0.05, 0) is 13.3 Å². The summed E-state index contributed by atoms with van der Waals surface area (Å²) in [5, 5.41) is 7.94. The molecular formula is C10H19N3. The van der Waals surface area contributed by atoms with Crippen LogP contribution in [-0.2, 0) is 6.54 Å². The predicted molar refractivity (Wildman–Crippen MR) is 53.5 cm³/mol. The van der Waals surface area contributed by atoms with Gasteiger partial charge in [-0.2, -0.15) is 0 Å². The molecule has 0 amide bonds. The van der Waals surface area contributed by atoms with Gasteiger partial charge >= 0.3 is 0 Å². The van der Waals surface area contributed by atoms with Gasteiger partial charge in [0.15, 0.2) is 0 Å². The van der Waals surface area contributed by atoms with Gasteiger partial charge in [0.1, 0.15) is 0 Å². The molecule has 0 saturated heterocycles. The van der Waals surface area contributed by atoms with Crippen LogP contribution in [0.1, 0.15) is 44.7 Å². The third kappa shape index (κ3) is 4.06. The maximum absolute atomic E-state index is 4.00. The van der Waals surface area contributed by atoms with E-state index in [4.69, 9.17) is 0 Å². The Labute approximate surface area is 80.1 Å². The fourth-order valence-corrected chi connectivity index (χ4v) is 1.38. The fourth-order valence-electron chi connectivity index (χ4n) is 1.38. The van der Waals surface area contributed by atoms with Crippen molar-refractivity contribution in [3.63, 3.8) is 0 Å². The summed E-state index contributed by atoms with van der Waals surface area (Å²) >= 11 is 0. The molecule has 1 aromatic rings. The van der Waals surface area contributed by atoms with Crippen molar-refractivity contribution < 1.29 is 0 Å². The zero-order valence-corrected chi connectivity index (χ0v) is 8.66. The van der Waals surface area contributed by atoms with E-state index >= 15 is 0 Å². The van der Waals surface area contributed by atoms with Gasteiger partial charge in [0.05, 0.1) is 5.69 Å². The average molecular weight is 181 g/mol. The molecular weight excluding hydrogens is 162 g/mol. The maximum atomic E-state index is 4.00. The molecule has 1 heterocycles. The summed E-state index contributed by atoms with van der Waals surface area (Å²) in [6.07, 6.45) is 8.55. The molecule has 0 atom stereocenters. The minimum Gasteiger partial charge on any atom is -0.252 e. The van der Waals surface area contributed by atoms with E-state index in [1.807, 2.05) is 17.8 Å². The minimum atomic E-state index is 1.01. The van der Waals surface area contributed by atoms with Crippen LogP contribution < -0.4 is 0 Å². The summed E-state index contributed by atoms with van der Waals surface area (Å²) in [5.74, 6) is 0. The van der Waals surface area contributed by atoms with Crippen molar-refractivity contribution in [2.75, 3.05) is 0 Å². The standard InChI is InChI=1S/C10H19N3/c1-3-4-5-6-7-8-13-9-10(2)11-12-13/h9H,3-8H2,1-2H3. The molecule has 0 unspecified atom stereocenters. The largest absolute Gasteiger partial charge is 0.252 e. The topological polar surface area (TPSA) is 30.7 Å². The van der Waals surface area contributed by atoms with E-state index in [-0.39, 0.29) is 0 Å².